The number of aromatic amines is 1. The molecule has 0 fully saturated rings. The summed E-state index contributed by atoms with van der Waals surface area (Å²) in [5, 5.41) is 17.0. The fourth-order valence-electron chi connectivity index (χ4n) is 2.85. The third-order valence-corrected chi connectivity index (χ3v) is 4.38. The summed E-state index contributed by atoms with van der Waals surface area (Å²) >= 11 is 6.30. The highest BCUT2D eigenvalue weighted by Gasteiger charge is 2.08. The molecule has 0 aliphatic carbocycles. The highest BCUT2D eigenvalue weighted by atomic mass is 35.5. The molecule has 7 nitrogen and oxygen atoms in total. The van der Waals surface area contributed by atoms with Crippen molar-refractivity contribution >= 4 is 45.4 Å². The van der Waals surface area contributed by atoms with Gasteiger partial charge in [-0.3, -0.25) is 0 Å². The van der Waals surface area contributed by atoms with Gasteiger partial charge in [0, 0.05) is 40.6 Å². The summed E-state index contributed by atoms with van der Waals surface area (Å²) in [7, 11) is 0. The van der Waals surface area contributed by atoms with Gasteiger partial charge in [-0.05, 0) is 30.3 Å². The first-order valence-electron chi connectivity index (χ1n) is 8.64. The average molecular weight is 427 g/mol. The molecule has 10 heteroatoms. The van der Waals surface area contributed by atoms with E-state index in [-0.39, 0.29) is 11.6 Å². The van der Waals surface area contributed by atoms with E-state index in [9.17, 15) is 14.0 Å². The largest absolute Gasteiger partial charge is 0.417 e. The minimum Gasteiger partial charge on any atom is -0.417 e. The number of anilines is 4. The van der Waals surface area contributed by atoms with Crippen LogP contribution in [0, 0.1) is 11.3 Å². The Kier molecular flexibility index (Phi) is 5.32. The maximum atomic E-state index is 12.2. The van der Waals surface area contributed by atoms with Gasteiger partial charge < -0.3 is 20.4 Å². The summed E-state index contributed by atoms with van der Waals surface area (Å²) in [6, 6.07) is 13.6. The van der Waals surface area contributed by atoms with Crippen LogP contribution in [0.1, 0.15) is 5.69 Å². The summed E-state index contributed by atoms with van der Waals surface area (Å²) < 4.78 is 28.7. The van der Waals surface area contributed by atoms with Gasteiger partial charge in [0.25, 0.3) is 0 Å². The molecule has 4 rings (SSSR count). The van der Waals surface area contributed by atoms with E-state index in [0.29, 0.717) is 27.9 Å². The number of rotatable bonds is 6. The molecule has 0 radical (unpaired) electrons. The molecule has 0 aliphatic rings. The number of aromatic nitrogens is 3. The summed E-state index contributed by atoms with van der Waals surface area (Å²) in [4.78, 5) is 11.1. The van der Waals surface area contributed by atoms with Gasteiger partial charge in [0.1, 0.15) is 17.6 Å². The van der Waals surface area contributed by atoms with Gasteiger partial charge in [-0.1, -0.05) is 11.6 Å². The predicted molar refractivity (Wildman–Crippen MR) is 110 cm³/mol. The molecule has 0 bridgehead atoms. The third kappa shape index (κ3) is 4.39. The molecule has 0 saturated heterocycles. The molecular weight excluding hydrogens is 414 g/mol. The monoisotopic (exact) mass is 426 g/mol. The maximum absolute atomic E-state index is 12.2. The van der Waals surface area contributed by atoms with E-state index < -0.39 is 6.61 Å². The number of fused-ring (bicyclic) bond motifs is 1. The Labute approximate surface area is 174 Å². The zero-order valence-corrected chi connectivity index (χ0v) is 15.9. The lowest BCUT2D eigenvalue weighted by molar-refractivity contribution is -0.0528. The van der Waals surface area contributed by atoms with Crippen molar-refractivity contribution in [2.24, 2.45) is 0 Å². The van der Waals surface area contributed by atoms with Crippen LogP contribution in [0.4, 0.5) is 31.7 Å². The third-order valence-electron chi connectivity index (χ3n) is 4.07. The fourth-order valence-corrected chi connectivity index (χ4v) is 3.13. The molecule has 0 unspecified atom stereocenters. The van der Waals surface area contributed by atoms with Crippen LogP contribution in [-0.2, 0) is 0 Å². The van der Waals surface area contributed by atoms with Crippen molar-refractivity contribution in [2.45, 2.75) is 6.61 Å². The topological polar surface area (TPSA) is 98.6 Å². The molecular formula is C20H13ClF2N6O. The van der Waals surface area contributed by atoms with Gasteiger partial charge in [-0.25, -0.2) is 9.97 Å². The van der Waals surface area contributed by atoms with Crippen LogP contribution in [0.25, 0.3) is 10.9 Å². The molecule has 4 aromatic rings. The van der Waals surface area contributed by atoms with E-state index in [2.05, 4.69) is 30.3 Å². The number of benzene rings is 1. The number of ether oxygens (including phenoxy) is 1. The second-order valence-corrected chi connectivity index (χ2v) is 6.56. The summed E-state index contributed by atoms with van der Waals surface area (Å²) in [5.74, 6) is 0.228. The van der Waals surface area contributed by atoms with Crippen molar-refractivity contribution in [3.8, 4) is 11.9 Å². The summed E-state index contributed by atoms with van der Waals surface area (Å²) in [6.45, 7) is -2.94. The molecule has 150 valence electrons. The van der Waals surface area contributed by atoms with Crippen molar-refractivity contribution in [1.29, 1.82) is 5.26 Å². The Morgan fingerprint density at radius 3 is 2.63 bits per heavy atom. The molecule has 0 amide bonds. The Morgan fingerprint density at radius 2 is 1.90 bits per heavy atom. The van der Waals surface area contributed by atoms with Crippen LogP contribution in [0.3, 0.4) is 0 Å². The molecule has 0 spiro atoms. The Bertz CT molecular complexity index is 1240. The first-order valence-corrected chi connectivity index (χ1v) is 9.02. The number of H-pyrrole nitrogens is 1. The van der Waals surface area contributed by atoms with Gasteiger partial charge in [0.2, 0.25) is 5.88 Å². The summed E-state index contributed by atoms with van der Waals surface area (Å²) in [5.41, 5.74) is 2.81. The highest BCUT2D eigenvalue weighted by Crippen LogP contribution is 2.29. The Hall–Kier alpha value is -3.90. The number of nitrogens with one attached hydrogen (secondary N) is 3. The van der Waals surface area contributed by atoms with Crippen LogP contribution in [-0.4, -0.2) is 21.6 Å². The lowest BCUT2D eigenvalue weighted by Gasteiger charge is -2.11. The zero-order chi connectivity index (χ0) is 21.1. The second-order valence-electron chi connectivity index (χ2n) is 6.15. The van der Waals surface area contributed by atoms with Crippen LogP contribution < -0.4 is 15.4 Å². The fraction of sp³-hybridized carbons (Fsp3) is 0.0500. The molecule has 0 saturated carbocycles. The van der Waals surface area contributed by atoms with Gasteiger partial charge in [-0.15, -0.1) is 0 Å². The Morgan fingerprint density at radius 1 is 1.07 bits per heavy atom. The zero-order valence-electron chi connectivity index (χ0n) is 15.2. The van der Waals surface area contributed by atoms with Crippen LogP contribution in [0.15, 0.2) is 54.9 Å². The van der Waals surface area contributed by atoms with Crippen molar-refractivity contribution in [3.05, 3.63) is 65.6 Å². The number of nitriles is 1. The minimum atomic E-state index is -2.94. The van der Waals surface area contributed by atoms with Gasteiger partial charge in [0.15, 0.2) is 0 Å². The molecule has 0 atom stereocenters. The van der Waals surface area contributed by atoms with Gasteiger partial charge in [0.05, 0.1) is 16.9 Å². The standard InChI is InChI=1S/C20H13ClF2N6O/c21-16-6-13(7-17-15(16)3-4-25-17)28-18-8-12(5-14(9-24)29-18)27-11-1-2-19(26-10-11)30-20(22)23/h1-8,10,20,25H,(H2,27,28,29). The number of hydrogen-bond donors (Lipinski definition) is 3. The number of nitrogens with zero attached hydrogens (tertiary/aromatic N) is 3. The number of alkyl halides is 2. The maximum Gasteiger partial charge on any atom is 0.388 e. The van der Waals surface area contributed by atoms with Crippen molar-refractivity contribution in [3.63, 3.8) is 0 Å². The molecule has 30 heavy (non-hydrogen) atoms. The Balaban J connectivity index is 1.57. The SMILES string of the molecule is N#Cc1cc(Nc2ccc(OC(F)F)nc2)cc(Nc2cc(Cl)c3cc[nH]c3c2)n1. The number of halogens is 3. The predicted octanol–water partition coefficient (Wildman–Crippen LogP) is 5.57. The lowest BCUT2D eigenvalue weighted by Crippen LogP contribution is -2.03. The van der Waals surface area contributed by atoms with E-state index in [4.69, 9.17) is 11.6 Å². The van der Waals surface area contributed by atoms with Crippen molar-refractivity contribution in [1.82, 2.24) is 15.0 Å². The van der Waals surface area contributed by atoms with Crippen LogP contribution in [0.2, 0.25) is 5.02 Å². The van der Waals surface area contributed by atoms with E-state index >= 15 is 0 Å². The lowest BCUT2D eigenvalue weighted by atomic mass is 10.2. The first-order chi connectivity index (χ1) is 14.5. The number of pyridine rings is 2. The van der Waals surface area contributed by atoms with Gasteiger partial charge >= 0.3 is 6.61 Å². The molecule has 1 aromatic carbocycles. The average Bonchev–Trinajstić information content (AvgIpc) is 3.18. The highest BCUT2D eigenvalue weighted by molar-refractivity contribution is 6.35. The molecule has 3 heterocycles. The normalized spacial score (nSPS) is 10.8. The van der Waals surface area contributed by atoms with Crippen LogP contribution >= 0.6 is 11.6 Å². The molecule has 3 N–H and O–H groups in total. The summed E-state index contributed by atoms with van der Waals surface area (Å²) in [6.07, 6.45) is 3.14. The minimum absolute atomic E-state index is 0.181. The van der Waals surface area contributed by atoms with Gasteiger partial charge in [-0.2, -0.15) is 14.0 Å². The first kappa shape index (κ1) is 19.4. The number of hydrogen-bond acceptors (Lipinski definition) is 6. The smallest absolute Gasteiger partial charge is 0.388 e. The van der Waals surface area contributed by atoms with E-state index in [1.165, 1.54) is 18.3 Å². The quantitative estimate of drug-likeness (QED) is 0.372. The molecule has 0 aliphatic heterocycles. The second kappa shape index (κ2) is 8.23. The van der Waals surface area contributed by atoms with E-state index in [1.54, 1.807) is 24.4 Å². The van der Waals surface area contributed by atoms with E-state index in [1.807, 2.05) is 18.2 Å². The van der Waals surface area contributed by atoms with Crippen molar-refractivity contribution in [2.75, 3.05) is 10.6 Å². The van der Waals surface area contributed by atoms with E-state index in [0.717, 1.165) is 10.9 Å². The van der Waals surface area contributed by atoms with Crippen molar-refractivity contribution < 1.29 is 13.5 Å². The molecule has 3 aromatic heterocycles. The van der Waals surface area contributed by atoms with Crippen LogP contribution in [0.5, 0.6) is 5.88 Å².